The van der Waals surface area contributed by atoms with E-state index < -0.39 is 6.04 Å². The first-order valence-electron chi connectivity index (χ1n) is 10.4. The van der Waals surface area contributed by atoms with Gasteiger partial charge in [-0.05, 0) is 36.3 Å². The number of benzene rings is 2. The van der Waals surface area contributed by atoms with Crippen molar-refractivity contribution in [3.63, 3.8) is 0 Å². The normalized spacial score (nSPS) is 12.2. The van der Waals surface area contributed by atoms with Crippen molar-refractivity contribution >= 4 is 23.6 Å². The summed E-state index contributed by atoms with van der Waals surface area (Å²) in [5.41, 5.74) is 3.05. The van der Waals surface area contributed by atoms with Crippen molar-refractivity contribution in [2.24, 2.45) is 7.05 Å². The molecule has 0 saturated carbocycles. The molecule has 1 unspecified atom stereocenters. The highest BCUT2D eigenvalue weighted by Gasteiger charge is 2.20. The van der Waals surface area contributed by atoms with E-state index in [4.69, 9.17) is 11.6 Å². The third-order valence-electron chi connectivity index (χ3n) is 5.27. The quantitative estimate of drug-likeness (QED) is 0.404. The highest BCUT2D eigenvalue weighted by atomic mass is 35.5. The number of carbonyl (C=O) groups excluding carboxylic acids is 1. The number of rotatable bonds is 7. The van der Waals surface area contributed by atoms with E-state index in [1.54, 1.807) is 39.9 Å². The maximum Gasteiger partial charge on any atom is 0.244 e. The molecule has 4 rings (SSSR count). The fourth-order valence-electron chi connectivity index (χ4n) is 3.61. The van der Waals surface area contributed by atoms with Gasteiger partial charge in [-0.1, -0.05) is 54.1 Å². The molecule has 1 N–H and O–H groups in total. The standard InChI is InChI=1S/C25H23ClFN5O/c1-17-21(24(26)32(30-17)16-18-7-4-3-5-8-18)11-12-22(33)29-23(25-28-13-14-31(25)2)19-9-6-10-20(27)15-19/h3-15,23H,16H2,1-2H3,(H,29,33)/b12-11+. The number of amides is 1. The molecule has 8 heteroatoms. The Bertz CT molecular complexity index is 1300. The van der Waals surface area contributed by atoms with E-state index in [1.165, 1.54) is 18.2 Å². The second kappa shape index (κ2) is 9.83. The maximum absolute atomic E-state index is 13.8. The molecule has 1 atom stereocenters. The fourth-order valence-corrected chi connectivity index (χ4v) is 3.90. The van der Waals surface area contributed by atoms with Crippen LogP contribution in [0.25, 0.3) is 6.08 Å². The van der Waals surface area contributed by atoms with Crippen LogP contribution in [0.1, 0.15) is 34.3 Å². The Morgan fingerprint density at radius 2 is 2.00 bits per heavy atom. The minimum absolute atomic E-state index is 0.362. The Hall–Kier alpha value is -3.71. The Balaban J connectivity index is 1.55. The SMILES string of the molecule is Cc1nn(Cc2ccccc2)c(Cl)c1/C=C/C(=O)NC(c1cccc(F)c1)c1nccn1C. The Labute approximate surface area is 196 Å². The summed E-state index contributed by atoms with van der Waals surface area (Å²) in [6.45, 7) is 2.37. The lowest BCUT2D eigenvalue weighted by Crippen LogP contribution is -2.29. The molecule has 0 bridgehead atoms. The van der Waals surface area contributed by atoms with Gasteiger partial charge in [0.2, 0.25) is 5.91 Å². The minimum atomic E-state index is -0.616. The first kappa shape index (κ1) is 22.5. The van der Waals surface area contributed by atoms with E-state index in [-0.39, 0.29) is 11.7 Å². The van der Waals surface area contributed by atoms with Crippen LogP contribution in [0.15, 0.2) is 73.1 Å². The van der Waals surface area contributed by atoms with Crippen LogP contribution in [-0.4, -0.2) is 25.2 Å². The molecular formula is C25H23ClFN5O. The van der Waals surface area contributed by atoms with Crippen LogP contribution >= 0.6 is 11.6 Å². The zero-order chi connectivity index (χ0) is 23.4. The number of nitrogens with zero attached hydrogens (tertiary/aromatic N) is 4. The van der Waals surface area contributed by atoms with Gasteiger partial charge in [0.25, 0.3) is 0 Å². The average molecular weight is 464 g/mol. The van der Waals surface area contributed by atoms with Crippen LogP contribution in [0.5, 0.6) is 0 Å². The van der Waals surface area contributed by atoms with E-state index in [9.17, 15) is 9.18 Å². The van der Waals surface area contributed by atoms with Crippen molar-refractivity contribution in [3.8, 4) is 0 Å². The number of hydrogen-bond acceptors (Lipinski definition) is 3. The molecule has 2 aromatic heterocycles. The first-order valence-corrected chi connectivity index (χ1v) is 10.8. The molecule has 4 aromatic rings. The number of aromatic nitrogens is 4. The number of imidazole rings is 1. The summed E-state index contributed by atoms with van der Waals surface area (Å²) in [4.78, 5) is 17.1. The molecule has 0 fully saturated rings. The highest BCUT2D eigenvalue weighted by Crippen LogP contribution is 2.24. The second-order valence-electron chi connectivity index (χ2n) is 7.66. The number of hydrogen-bond donors (Lipinski definition) is 1. The van der Waals surface area contributed by atoms with Crippen LogP contribution in [0.4, 0.5) is 4.39 Å². The molecule has 0 aliphatic heterocycles. The van der Waals surface area contributed by atoms with Gasteiger partial charge in [0.1, 0.15) is 22.8 Å². The summed E-state index contributed by atoms with van der Waals surface area (Å²) >= 11 is 6.55. The van der Waals surface area contributed by atoms with E-state index >= 15 is 0 Å². The second-order valence-corrected chi connectivity index (χ2v) is 8.02. The molecule has 33 heavy (non-hydrogen) atoms. The predicted molar refractivity (Wildman–Crippen MR) is 126 cm³/mol. The number of carbonyl (C=O) groups is 1. The van der Waals surface area contributed by atoms with E-state index in [0.717, 1.165) is 5.56 Å². The van der Waals surface area contributed by atoms with Crippen molar-refractivity contribution in [1.82, 2.24) is 24.6 Å². The zero-order valence-electron chi connectivity index (χ0n) is 18.2. The number of nitrogens with one attached hydrogen (secondary N) is 1. The van der Waals surface area contributed by atoms with Crippen LogP contribution in [-0.2, 0) is 18.4 Å². The van der Waals surface area contributed by atoms with Crippen molar-refractivity contribution in [1.29, 1.82) is 0 Å². The third-order valence-corrected chi connectivity index (χ3v) is 5.67. The van der Waals surface area contributed by atoms with E-state index in [2.05, 4.69) is 15.4 Å². The summed E-state index contributed by atoms with van der Waals surface area (Å²) in [5.74, 6) is -0.157. The summed E-state index contributed by atoms with van der Waals surface area (Å²) in [5, 5.41) is 7.86. The lowest BCUT2D eigenvalue weighted by atomic mass is 10.1. The Kier molecular flexibility index (Phi) is 6.70. The smallest absolute Gasteiger partial charge is 0.244 e. The molecule has 6 nitrogen and oxygen atoms in total. The van der Waals surface area contributed by atoms with Crippen molar-refractivity contribution < 1.29 is 9.18 Å². The van der Waals surface area contributed by atoms with Gasteiger partial charge >= 0.3 is 0 Å². The first-order chi connectivity index (χ1) is 15.9. The van der Waals surface area contributed by atoms with Gasteiger partial charge in [-0.2, -0.15) is 5.10 Å². The summed E-state index contributed by atoms with van der Waals surface area (Å²) < 4.78 is 17.3. The van der Waals surface area contributed by atoms with Crippen molar-refractivity contribution in [2.45, 2.75) is 19.5 Å². The topological polar surface area (TPSA) is 64.7 Å². The number of aryl methyl sites for hydroxylation is 2. The van der Waals surface area contributed by atoms with Crippen LogP contribution in [0.2, 0.25) is 5.15 Å². The molecule has 0 radical (unpaired) electrons. The van der Waals surface area contributed by atoms with Gasteiger partial charge in [0.15, 0.2) is 0 Å². The molecule has 2 aromatic carbocycles. The molecular weight excluding hydrogens is 441 g/mol. The monoisotopic (exact) mass is 463 g/mol. The Morgan fingerprint density at radius 1 is 1.21 bits per heavy atom. The van der Waals surface area contributed by atoms with Gasteiger partial charge in [-0.3, -0.25) is 4.79 Å². The van der Waals surface area contributed by atoms with E-state index in [0.29, 0.717) is 34.3 Å². The molecule has 0 aliphatic carbocycles. The van der Waals surface area contributed by atoms with Crippen molar-refractivity contribution in [3.05, 3.63) is 112 Å². The molecule has 168 valence electrons. The molecule has 2 heterocycles. The lowest BCUT2D eigenvalue weighted by molar-refractivity contribution is -0.117. The van der Waals surface area contributed by atoms with Crippen LogP contribution in [0, 0.1) is 12.7 Å². The number of halogens is 2. The molecule has 1 amide bonds. The van der Waals surface area contributed by atoms with Gasteiger partial charge < -0.3 is 9.88 Å². The van der Waals surface area contributed by atoms with Gasteiger partial charge in [-0.15, -0.1) is 0 Å². The molecule has 0 spiro atoms. The van der Waals surface area contributed by atoms with Crippen LogP contribution < -0.4 is 5.32 Å². The van der Waals surface area contributed by atoms with Crippen molar-refractivity contribution in [2.75, 3.05) is 0 Å². The molecule has 0 saturated heterocycles. The average Bonchev–Trinajstić information content (AvgIpc) is 3.33. The van der Waals surface area contributed by atoms with Gasteiger partial charge in [-0.25, -0.2) is 14.1 Å². The molecule has 0 aliphatic rings. The minimum Gasteiger partial charge on any atom is -0.339 e. The third kappa shape index (κ3) is 5.21. The summed E-state index contributed by atoms with van der Waals surface area (Å²) in [6.07, 6.45) is 6.45. The highest BCUT2D eigenvalue weighted by molar-refractivity contribution is 6.31. The zero-order valence-corrected chi connectivity index (χ0v) is 19.0. The predicted octanol–water partition coefficient (Wildman–Crippen LogP) is 4.68. The summed E-state index contributed by atoms with van der Waals surface area (Å²) in [6, 6.07) is 15.4. The van der Waals surface area contributed by atoms with Gasteiger partial charge in [0.05, 0.1) is 12.2 Å². The van der Waals surface area contributed by atoms with Crippen LogP contribution in [0.3, 0.4) is 0 Å². The summed E-state index contributed by atoms with van der Waals surface area (Å²) in [7, 11) is 1.82. The largest absolute Gasteiger partial charge is 0.339 e. The van der Waals surface area contributed by atoms with Gasteiger partial charge in [0, 0.05) is 31.1 Å². The fraction of sp³-hybridized carbons (Fsp3) is 0.160. The Morgan fingerprint density at radius 3 is 2.70 bits per heavy atom. The lowest BCUT2D eigenvalue weighted by Gasteiger charge is -2.18. The maximum atomic E-state index is 13.8. The van der Waals surface area contributed by atoms with E-state index in [1.807, 2.05) is 44.3 Å².